The molecule has 0 heterocycles. The number of hydrogen-bond donors (Lipinski definition) is 1. The molecule has 1 N–H and O–H groups in total. The van der Waals surface area contributed by atoms with Crippen LogP contribution in [-0.2, 0) is 4.79 Å². The molecule has 0 radical (unpaired) electrons. The lowest BCUT2D eigenvalue weighted by molar-refractivity contribution is -0.385. The van der Waals surface area contributed by atoms with E-state index in [1.165, 1.54) is 18.3 Å². The summed E-state index contributed by atoms with van der Waals surface area (Å²) in [4.78, 5) is 25.4. The number of carboxylic acid groups (broad SMARTS) is 1. The summed E-state index contributed by atoms with van der Waals surface area (Å²) in [6.45, 7) is 2.99. The SMILES string of the molecule is Cc1cc(N=Cc2ccc(OCC(=O)O)c(Cl)c2)cc([N+](=O)[O-])c1C. The number of aliphatic carboxylic acids is 1. The van der Waals surface area contributed by atoms with Gasteiger partial charge in [0.1, 0.15) is 5.75 Å². The first kappa shape index (κ1) is 18.4. The standard InChI is InChI=1S/C17H15ClN2O5/c1-10-5-13(7-15(11(10)2)20(23)24)19-8-12-3-4-16(14(18)6-12)25-9-17(21)22/h3-8H,9H2,1-2H3,(H,21,22). The molecule has 25 heavy (non-hydrogen) atoms. The van der Waals surface area contributed by atoms with Crippen molar-refractivity contribution in [3.05, 3.63) is 62.2 Å². The Hall–Kier alpha value is -2.93. The van der Waals surface area contributed by atoms with Crippen LogP contribution in [0.15, 0.2) is 35.3 Å². The quantitative estimate of drug-likeness (QED) is 0.474. The molecule has 2 aromatic carbocycles. The number of hydrogen-bond acceptors (Lipinski definition) is 5. The van der Waals surface area contributed by atoms with E-state index in [4.69, 9.17) is 21.4 Å². The van der Waals surface area contributed by atoms with Gasteiger partial charge in [0.25, 0.3) is 5.69 Å². The molecule has 0 spiro atoms. The lowest BCUT2D eigenvalue weighted by Gasteiger charge is -2.06. The third-order valence-electron chi connectivity index (χ3n) is 3.49. The fourth-order valence-corrected chi connectivity index (χ4v) is 2.33. The fraction of sp³-hybridized carbons (Fsp3) is 0.176. The lowest BCUT2D eigenvalue weighted by atomic mass is 10.1. The van der Waals surface area contributed by atoms with Crippen LogP contribution in [0.4, 0.5) is 11.4 Å². The summed E-state index contributed by atoms with van der Waals surface area (Å²) in [6, 6.07) is 7.92. The van der Waals surface area contributed by atoms with Crippen LogP contribution in [0.5, 0.6) is 5.75 Å². The van der Waals surface area contributed by atoms with Gasteiger partial charge in [-0.3, -0.25) is 15.1 Å². The van der Waals surface area contributed by atoms with E-state index in [1.807, 2.05) is 0 Å². The van der Waals surface area contributed by atoms with E-state index in [0.29, 0.717) is 16.8 Å². The summed E-state index contributed by atoms with van der Waals surface area (Å²) in [7, 11) is 0. The third kappa shape index (κ3) is 4.77. The molecule has 0 aliphatic rings. The lowest BCUT2D eigenvalue weighted by Crippen LogP contribution is -2.09. The molecule has 0 fully saturated rings. The van der Waals surface area contributed by atoms with Crippen LogP contribution >= 0.6 is 11.6 Å². The molecule has 0 saturated heterocycles. The number of rotatable bonds is 6. The number of nitrogens with zero attached hydrogens (tertiary/aromatic N) is 2. The first-order chi connectivity index (χ1) is 11.8. The number of carboxylic acids is 1. The minimum absolute atomic E-state index is 0.0163. The van der Waals surface area contributed by atoms with Crippen LogP contribution in [0, 0.1) is 24.0 Å². The Bertz CT molecular complexity index is 864. The summed E-state index contributed by atoms with van der Waals surface area (Å²) in [6.07, 6.45) is 1.51. The molecule has 0 saturated carbocycles. The maximum absolute atomic E-state index is 11.1. The number of nitro benzene ring substituents is 1. The van der Waals surface area contributed by atoms with Crippen molar-refractivity contribution in [2.45, 2.75) is 13.8 Å². The van der Waals surface area contributed by atoms with Crippen molar-refractivity contribution in [1.82, 2.24) is 0 Å². The number of halogens is 1. The summed E-state index contributed by atoms with van der Waals surface area (Å²) < 4.78 is 5.04. The van der Waals surface area contributed by atoms with E-state index >= 15 is 0 Å². The highest BCUT2D eigenvalue weighted by Gasteiger charge is 2.13. The number of aliphatic imine (C=N–C) groups is 1. The summed E-state index contributed by atoms with van der Waals surface area (Å²) in [5.41, 5.74) is 2.50. The van der Waals surface area contributed by atoms with Gasteiger partial charge in [-0.1, -0.05) is 11.6 Å². The molecular weight excluding hydrogens is 348 g/mol. The predicted octanol–water partition coefficient (Wildman–Crippen LogP) is 4.08. The molecule has 0 aromatic heterocycles. The van der Waals surface area contributed by atoms with Gasteiger partial charge < -0.3 is 9.84 Å². The molecule has 8 heteroatoms. The van der Waals surface area contributed by atoms with Gasteiger partial charge in [0.05, 0.1) is 15.6 Å². The molecule has 2 rings (SSSR count). The average Bonchev–Trinajstić information content (AvgIpc) is 2.54. The van der Waals surface area contributed by atoms with E-state index in [0.717, 1.165) is 5.56 Å². The van der Waals surface area contributed by atoms with Gasteiger partial charge in [-0.15, -0.1) is 0 Å². The van der Waals surface area contributed by atoms with Gasteiger partial charge in [0, 0.05) is 17.8 Å². The van der Waals surface area contributed by atoms with Crippen LogP contribution in [0.3, 0.4) is 0 Å². The van der Waals surface area contributed by atoms with Crippen molar-refractivity contribution >= 4 is 35.2 Å². The number of ether oxygens (including phenoxy) is 1. The van der Waals surface area contributed by atoms with E-state index in [2.05, 4.69) is 4.99 Å². The number of benzene rings is 2. The Morgan fingerprint density at radius 3 is 2.68 bits per heavy atom. The Kier molecular flexibility index (Phi) is 5.71. The van der Waals surface area contributed by atoms with Gasteiger partial charge in [-0.25, -0.2) is 4.79 Å². The molecular formula is C17H15ClN2O5. The van der Waals surface area contributed by atoms with Gasteiger partial charge in [0.2, 0.25) is 0 Å². The predicted molar refractivity (Wildman–Crippen MR) is 94.4 cm³/mol. The number of nitro groups is 1. The molecule has 7 nitrogen and oxygen atoms in total. The zero-order valence-electron chi connectivity index (χ0n) is 13.5. The van der Waals surface area contributed by atoms with Crippen molar-refractivity contribution in [3.8, 4) is 5.75 Å². The Balaban J connectivity index is 2.23. The molecule has 0 aliphatic carbocycles. The maximum atomic E-state index is 11.1. The molecule has 2 aromatic rings. The highest BCUT2D eigenvalue weighted by molar-refractivity contribution is 6.32. The molecule has 0 unspecified atom stereocenters. The van der Waals surface area contributed by atoms with Crippen LogP contribution in [-0.4, -0.2) is 28.8 Å². The van der Waals surface area contributed by atoms with Crippen molar-refractivity contribution in [3.63, 3.8) is 0 Å². The highest BCUT2D eigenvalue weighted by atomic mass is 35.5. The maximum Gasteiger partial charge on any atom is 0.341 e. The topological polar surface area (TPSA) is 102 Å². The van der Waals surface area contributed by atoms with Crippen molar-refractivity contribution in [2.24, 2.45) is 4.99 Å². The van der Waals surface area contributed by atoms with Crippen LogP contribution < -0.4 is 4.74 Å². The average molecular weight is 363 g/mol. The van der Waals surface area contributed by atoms with Crippen molar-refractivity contribution in [1.29, 1.82) is 0 Å². The van der Waals surface area contributed by atoms with E-state index in [-0.39, 0.29) is 16.5 Å². The first-order valence-corrected chi connectivity index (χ1v) is 7.59. The summed E-state index contributed by atoms with van der Waals surface area (Å²) in [5, 5.41) is 19.9. The Morgan fingerprint density at radius 1 is 1.36 bits per heavy atom. The van der Waals surface area contributed by atoms with Crippen molar-refractivity contribution < 1.29 is 19.6 Å². The smallest absolute Gasteiger partial charge is 0.341 e. The minimum atomic E-state index is -1.10. The van der Waals surface area contributed by atoms with Crippen LogP contribution in [0.1, 0.15) is 16.7 Å². The summed E-state index contributed by atoms with van der Waals surface area (Å²) in [5.74, 6) is -0.846. The largest absolute Gasteiger partial charge is 0.480 e. The van der Waals surface area contributed by atoms with E-state index in [9.17, 15) is 14.9 Å². The zero-order chi connectivity index (χ0) is 18.6. The van der Waals surface area contributed by atoms with E-state index in [1.54, 1.807) is 32.0 Å². The number of carbonyl (C=O) groups is 1. The molecule has 130 valence electrons. The summed E-state index contributed by atoms with van der Waals surface area (Å²) >= 11 is 6.04. The van der Waals surface area contributed by atoms with E-state index < -0.39 is 17.5 Å². The molecule has 0 amide bonds. The minimum Gasteiger partial charge on any atom is -0.480 e. The van der Waals surface area contributed by atoms with Gasteiger partial charge >= 0.3 is 5.97 Å². The number of aryl methyl sites for hydroxylation is 1. The van der Waals surface area contributed by atoms with Gasteiger partial charge in [0.15, 0.2) is 6.61 Å². The Labute approximate surface area is 148 Å². The first-order valence-electron chi connectivity index (χ1n) is 7.22. The molecule has 0 aliphatic heterocycles. The monoisotopic (exact) mass is 362 g/mol. The zero-order valence-corrected chi connectivity index (χ0v) is 14.3. The van der Waals surface area contributed by atoms with Crippen molar-refractivity contribution in [2.75, 3.05) is 6.61 Å². The highest BCUT2D eigenvalue weighted by Crippen LogP contribution is 2.28. The Morgan fingerprint density at radius 2 is 2.08 bits per heavy atom. The molecule has 0 atom stereocenters. The molecule has 0 bridgehead atoms. The second-order valence-corrected chi connectivity index (χ2v) is 5.70. The second kappa shape index (κ2) is 7.76. The van der Waals surface area contributed by atoms with Gasteiger partial charge in [-0.2, -0.15) is 0 Å². The van der Waals surface area contributed by atoms with Crippen LogP contribution in [0.25, 0.3) is 0 Å². The van der Waals surface area contributed by atoms with Gasteiger partial charge in [-0.05, 0) is 49.2 Å². The third-order valence-corrected chi connectivity index (χ3v) is 3.79. The van der Waals surface area contributed by atoms with Crippen LogP contribution in [0.2, 0.25) is 5.02 Å². The fourth-order valence-electron chi connectivity index (χ4n) is 2.09. The normalized spacial score (nSPS) is 10.8. The second-order valence-electron chi connectivity index (χ2n) is 5.29.